The number of anilines is 2. The van der Waals surface area contributed by atoms with E-state index in [-0.39, 0.29) is 12.1 Å². The molecule has 1 fully saturated rings. The zero-order valence-electron chi connectivity index (χ0n) is 14.5. The maximum absolute atomic E-state index is 12.5. The van der Waals surface area contributed by atoms with Gasteiger partial charge in [-0.3, -0.25) is 0 Å². The molecule has 0 saturated carbocycles. The summed E-state index contributed by atoms with van der Waals surface area (Å²) in [6.07, 6.45) is 5.72. The minimum atomic E-state index is -0.125. The van der Waals surface area contributed by atoms with Crippen LogP contribution in [0.25, 0.3) is 0 Å². The van der Waals surface area contributed by atoms with Gasteiger partial charge >= 0.3 is 6.03 Å². The van der Waals surface area contributed by atoms with Crippen molar-refractivity contribution in [2.24, 2.45) is 0 Å². The summed E-state index contributed by atoms with van der Waals surface area (Å²) < 4.78 is 0. The summed E-state index contributed by atoms with van der Waals surface area (Å²) in [5.41, 5.74) is 4.66. The van der Waals surface area contributed by atoms with Gasteiger partial charge in [-0.15, -0.1) is 0 Å². The summed E-state index contributed by atoms with van der Waals surface area (Å²) in [6, 6.07) is 16.6. The number of nitrogens with zero attached hydrogens (tertiary/aromatic N) is 1. The second-order valence-corrected chi connectivity index (χ2v) is 6.99. The monoisotopic (exact) mass is 335 g/mol. The summed E-state index contributed by atoms with van der Waals surface area (Å²) in [5.74, 6) is 0. The van der Waals surface area contributed by atoms with Crippen molar-refractivity contribution in [3.05, 3.63) is 59.7 Å². The van der Waals surface area contributed by atoms with Crippen molar-refractivity contribution in [1.82, 2.24) is 5.32 Å². The third-order valence-corrected chi connectivity index (χ3v) is 5.25. The van der Waals surface area contributed by atoms with Crippen LogP contribution in [0.3, 0.4) is 0 Å². The molecule has 25 heavy (non-hydrogen) atoms. The molecule has 130 valence electrons. The van der Waals surface area contributed by atoms with E-state index in [9.17, 15) is 4.79 Å². The predicted molar refractivity (Wildman–Crippen MR) is 102 cm³/mol. The number of carbonyl (C=O) groups excluding carboxylic acids is 1. The van der Waals surface area contributed by atoms with Crippen molar-refractivity contribution in [1.29, 1.82) is 0 Å². The van der Waals surface area contributed by atoms with E-state index >= 15 is 0 Å². The van der Waals surface area contributed by atoms with Crippen LogP contribution in [-0.4, -0.2) is 19.1 Å². The fourth-order valence-corrected chi connectivity index (χ4v) is 3.98. The largest absolute Gasteiger partial charge is 0.371 e. The smallest absolute Gasteiger partial charge is 0.319 e. The molecule has 2 aromatic carbocycles. The molecule has 0 bridgehead atoms. The Morgan fingerprint density at radius 3 is 2.72 bits per heavy atom. The van der Waals surface area contributed by atoms with Crippen LogP contribution in [0.4, 0.5) is 16.2 Å². The highest BCUT2D eigenvalue weighted by molar-refractivity contribution is 5.90. The van der Waals surface area contributed by atoms with Crippen molar-refractivity contribution in [2.75, 3.05) is 23.3 Å². The molecule has 0 aromatic heterocycles. The van der Waals surface area contributed by atoms with Crippen LogP contribution < -0.4 is 15.5 Å². The SMILES string of the molecule is O=C(Nc1cccc(N2CCCC2)c1)N[C@@H]1CCCc2ccccc21. The topological polar surface area (TPSA) is 44.4 Å². The molecule has 1 saturated heterocycles. The molecule has 1 aliphatic heterocycles. The Bertz CT molecular complexity index is 752. The normalized spacial score (nSPS) is 19.4. The van der Waals surface area contributed by atoms with Gasteiger partial charge < -0.3 is 15.5 Å². The van der Waals surface area contributed by atoms with Gasteiger partial charge in [0.25, 0.3) is 0 Å². The zero-order valence-corrected chi connectivity index (χ0v) is 14.5. The molecule has 2 amide bonds. The molecule has 2 N–H and O–H groups in total. The number of benzene rings is 2. The molecule has 2 aromatic rings. The summed E-state index contributed by atoms with van der Waals surface area (Å²) in [5, 5.41) is 6.16. The van der Waals surface area contributed by atoms with Crippen LogP contribution in [0, 0.1) is 0 Å². The van der Waals surface area contributed by atoms with E-state index < -0.39 is 0 Å². The van der Waals surface area contributed by atoms with E-state index in [0.29, 0.717) is 0 Å². The fraction of sp³-hybridized carbons (Fsp3) is 0.381. The second kappa shape index (κ2) is 7.18. The Balaban J connectivity index is 1.42. The molecule has 4 heteroatoms. The minimum Gasteiger partial charge on any atom is -0.371 e. The van der Waals surface area contributed by atoms with Gasteiger partial charge in [0.2, 0.25) is 0 Å². The van der Waals surface area contributed by atoms with Crippen LogP contribution in [0.5, 0.6) is 0 Å². The van der Waals surface area contributed by atoms with Gasteiger partial charge in [-0.1, -0.05) is 30.3 Å². The highest BCUT2D eigenvalue weighted by atomic mass is 16.2. The van der Waals surface area contributed by atoms with Gasteiger partial charge in [0.15, 0.2) is 0 Å². The third kappa shape index (κ3) is 3.63. The van der Waals surface area contributed by atoms with E-state index in [0.717, 1.165) is 38.0 Å². The zero-order chi connectivity index (χ0) is 17.1. The fourth-order valence-electron chi connectivity index (χ4n) is 3.98. The molecule has 0 spiro atoms. The third-order valence-electron chi connectivity index (χ3n) is 5.25. The lowest BCUT2D eigenvalue weighted by Gasteiger charge is -2.26. The van der Waals surface area contributed by atoms with Crippen LogP contribution in [0.1, 0.15) is 42.9 Å². The van der Waals surface area contributed by atoms with Crippen molar-refractivity contribution in [3.8, 4) is 0 Å². The van der Waals surface area contributed by atoms with Gasteiger partial charge in [0.1, 0.15) is 0 Å². The Hall–Kier alpha value is -2.49. The lowest BCUT2D eigenvalue weighted by atomic mass is 9.88. The standard InChI is InChI=1S/C21H25N3O/c25-21(23-20-12-5-8-16-7-1-2-11-19(16)20)22-17-9-6-10-18(15-17)24-13-3-4-14-24/h1-2,6-7,9-11,15,20H,3-5,8,12-14H2,(H2,22,23,25)/t20-/m1/s1. The highest BCUT2D eigenvalue weighted by Gasteiger charge is 2.21. The Kier molecular flexibility index (Phi) is 4.59. The number of fused-ring (bicyclic) bond motifs is 1. The maximum Gasteiger partial charge on any atom is 0.319 e. The predicted octanol–water partition coefficient (Wildman–Crippen LogP) is 4.49. The number of hydrogen-bond donors (Lipinski definition) is 2. The van der Waals surface area contributed by atoms with Crippen molar-refractivity contribution < 1.29 is 4.79 Å². The minimum absolute atomic E-state index is 0.103. The van der Waals surface area contributed by atoms with Crippen LogP contribution in [0.15, 0.2) is 48.5 Å². The molecule has 0 radical (unpaired) electrons. The van der Waals surface area contributed by atoms with Crippen LogP contribution in [0.2, 0.25) is 0 Å². The summed E-state index contributed by atoms with van der Waals surface area (Å²) in [6.45, 7) is 2.21. The first-order valence-electron chi connectivity index (χ1n) is 9.30. The summed E-state index contributed by atoms with van der Waals surface area (Å²) in [7, 11) is 0. The maximum atomic E-state index is 12.5. The van der Waals surface area contributed by atoms with Gasteiger partial charge in [0.05, 0.1) is 6.04 Å². The van der Waals surface area contributed by atoms with E-state index in [2.05, 4.69) is 51.9 Å². The van der Waals surface area contributed by atoms with Crippen molar-refractivity contribution >= 4 is 17.4 Å². The van der Waals surface area contributed by atoms with E-state index in [4.69, 9.17) is 0 Å². The second-order valence-electron chi connectivity index (χ2n) is 6.99. The van der Waals surface area contributed by atoms with Crippen LogP contribution >= 0.6 is 0 Å². The molecular formula is C21H25N3O. The van der Waals surface area contributed by atoms with Gasteiger partial charge in [-0.05, 0) is 61.4 Å². The molecular weight excluding hydrogens is 310 g/mol. The highest BCUT2D eigenvalue weighted by Crippen LogP contribution is 2.29. The first kappa shape index (κ1) is 16.0. The average Bonchev–Trinajstić information content (AvgIpc) is 3.17. The first-order valence-corrected chi connectivity index (χ1v) is 9.30. The number of amides is 2. The number of carbonyl (C=O) groups is 1. The number of rotatable bonds is 3. The van der Waals surface area contributed by atoms with E-state index in [1.165, 1.54) is 29.7 Å². The lowest BCUT2D eigenvalue weighted by molar-refractivity contribution is 0.247. The molecule has 2 aliphatic rings. The quantitative estimate of drug-likeness (QED) is 0.868. The van der Waals surface area contributed by atoms with E-state index in [1.54, 1.807) is 0 Å². The first-order chi connectivity index (χ1) is 12.3. The summed E-state index contributed by atoms with van der Waals surface area (Å²) >= 11 is 0. The van der Waals surface area contributed by atoms with Gasteiger partial charge in [-0.25, -0.2) is 4.79 Å². The number of urea groups is 1. The Labute approximate surface area is 149 Å². The molecule has 4 nitrogen and oxygen atoms in total. The van der Waals surface area contributed by atoms with Gasteiger partial charge in [-0.2, -0.15) is 0 Å². The Morgan fingerprint density at radius 1 is 1.00 bits per heavy atom. The molecule has 4 rings (SSSR count). The van der Waals surface area contributed by atoms with Crippen LogP contribution in [-0.2, 0) is 6.42 Å². The molecule has 1 heterocycles. The van der Waals surface area contributed by atoms with Gasteiger partial charge in [0, 0.05) is 24.5 Å². The molecule has 1 atom stereocenters. The number of aryl methyl sites for hydroxylation is 1. The average molecular weight is 335 g/mol. The van der Waals surface area contributed by atoms with Crippen molar-refractivity contribution in [3.63, 3.8) is 0 Å². The summed E-state index contributed by atoms with van der Waals surface area (Å²) in [4.78, 5) is 14.9. The van der Waals surface area contributed by atoms with E-state index in [1.807, 2.05) is 12.1 Å². The molecule has 1 aliphatic carbocycles. The molecule has 0 unspecified atom stereocenters. The lowest BCUT2D eigenvalue weighted by Crippen LogP contribution is -2.34. The number of hydrogen-bond acceptors (Lipinski definition) is 2. The Morgan fingerprint density at radius 2 is 1.84 bits per heavy atom. The number of nitrogens with one attached hydrogen (secondary N) is 2. The van der Waals surface area contributed by atoms with Crippen molar-refractivity contribution in [2.45, 2.75) is 38.1 Å².